The van der Waals surface area contributed by atoms with Gasteiger partial charge in [-0.05, 0) is 12.1 Å². The van der Waals surface area contributed by atoms with Gasteiger partial charge < -0.3 is 14.7 Å². The van der Waals surface area contributed by atoms with E-state index < -0.39 is 30.3 Å². The molecule has 8 heteroatoms. The number of carboxylic acid groups (broad SMARTS) is 1. The molecular weight excluding hydrogens is 312 g/mol. The molecule has 0 aromatic heterocycles. The fourth-order valence-electron chi connectivity index (χ4n) is 1.92. The summed E-state index contributed by atoms with van der Waals surface area (Å²) in [6.45, 7) is -0.168. The number of ether oxygens (including phenoxy) is 1. The normalized spacial score (nSPS) is 18.4. The molecule has 1 unspecified atom stereocenters. The van der Waals surface area contributed by atoms with Crippen LogP contribution < -0.4 is 4.74 Å². The zero-order chi connectivity index (χ0) is 14.9. The third-order valence-corrected chi connectivity index (χ3v) is 3.30. The van der Waals surface area contributed by atoms with Crippen molar-refractivity contribution in [3.63, 3.8) is 0 Å². The molecule has 0 spiro atoms. The number of hydrogen-bond acceptors (Lipinski definition) is 3. The lowest BCUT2D eigenvalue weighted by molar-refractivity contribution is -0.144. The van der Waals surface area contributed by atoms with Gasteiger partial charge in [0.15, 0.2) is 17.7 Å². The first-order valence-corrected chi connectivity index (χ1v) is 6.46. The van der Waals surface area contributed by atoms with Crippen LogP contribution in [0.25, 0.3) is 0 Å². The van der Waals surface area contributed by atoms with Gasteiger partial charge in [-0.2, -0.15) is 0 Å². The molecule has 1 amide bonds. The fraction of sp³-hybridized carbons (Fsp3) is 0.333. The molecule has 1 fully saturated rings. The topological polar surface area (TPSA) is 66.8 Å². The molecule has 0 aliphatic carbocycles. The van der Waals surface area contributed by atoms with Gasteiger partial charge in [0, 0.05) is 18.0 Å². The van der Waals surface area contributed by atoms with Crippen LogP contribution in [-0.4, -0.2) is 41.1 Å². The molecule has 0 bridgehead atoms. The highest BCUT2D eigenvalue weighted by Gasteiger charge is 2.35. The number of carbonyl (C=O) groups is 2. The maximum Gasteiger partial charge on any atom is 0.323 e. The Labute approximate surface area is 123 Å². The van der Waals surface area contributed by atoms with Crippen LogP contribution in [0, 0.1) is 5.82 Å². The number of carboxylic acids is 1. The molecule has 1 aliphatic heterocycles. The Bertz CT molecular complexity index is 543. The highest BCUT2D eigenvalue weighted by atomic mass is 35.5. The van der Waals surface area contributed by atoms with Crippen molar-refractivity contribution in [2.24, 2.45) is 0 Å². The van der Waals surface area contributed by atoms with Crippen molar-refractivity contribution in [3.8, 4) is 5.75 Å². The van der Waals surface area contributed by atoms with Gasteiger partial charge in [-0.1, -0.05) is 23.2 Å². The van der Waals surface area contributed by atoms with Crippen LogP contribution in [0.3, 0.4) is 0 Å². The lowest BCUT2D eigenvalue weighted by Gasteiger charge is -2.16. The summed E-state index contributed by atoms with van der Waals surface area (Å²) in [7, 11) is 0. The summed E-state index contributed by atoms with van der Waals surface area (Å²) in [5.41, 5.74) is 0. The average molecular weight is 322 g/mol. The van der Waals surface area contributed by atoms with Gasteiger partial charge in [0.05, 0.1) is 5.02 Å². The lowest BCUT2D eigenvalue weighted by Crippen LogP contribution is -2.35. The van der Waals surface area contributed by atoms with Crippen LogP contribution in [0.1, 0.15) is 6.42 Å². The van der Waals surface area contributed by atoms with E-state index >= 15 is 0 Å². The molecule has 2 rings (SSSR count). The first kappa shape index (κ1) is 14.9. The second-order valence-corrected chi connectivity index (χ2v) is 5.09. The van der Waals surface area contributed by atoms with Gasteiger partial charge >= 0.3 is 5.97 Å². The first-order chi connectivity index (χ1) is 9.38. The fourth-order valence-corrected chi connectivity index (χ4v) is 2.44. The first-order valence-electron chi connectivity index (χ1n) is 5.70. The van der Waals surface area contributed by atoms with E-state index in [0.717, 1.165) is 11.0 Å². The van der Waals surface area contributed by atoms with Crippen molar-refractivity contribution in [2.45, 2.75) is 12.5 Å². The third-order valence-electron chi connectivity index (χ3n) is 2.80. The second kappa shape index (κ2) is 5.85. The molecule has 0 saturated carbocycles. The predicted molar refractivity (Wildman–Crippen MR) is 69.7 cm³/mol. The molecule has 1 saturated heterocycles. The zero-order valence-corrected chi connectivity index (χ0v) is 11.6. The van der Waals surface area contributed by atoms with E-state index in [1.807, 2.05) is 0 Å². The minimum Gasteiger partial charge on any atom is -0.480 e. The summed E-state index contributed by atoms with van der Waals surface area (Å²) >= 11 is 11.4. The van der Waals surface area contributed by atoms with E-state index in [-0.39, 0.29) is 28.8 Å². The number of likely N-dealkylation sites (tertiary alicyclic amines) is 1. The molecule has 1 N–H and O–H groups in total. The number of aliphatic carboxylic acids is 1. The van der Waals surface area contributed by atoms with Crippen molar-refractivity contribution in [1.82, 2.24) is 4.90 Å². The second-order valence-electron chi connectivity index (χ2n) is 4.25. The van der Waals surface area contributed by atoms with Gasteiger partial charge in [0.25, 0.3) is 5.91 Å². The molecule has 1 atom stereocenters. The Kier molecular flexibility index (Phi) is 4.35. The molecule has 1 aromatic carbocycles. The molecule has 20 heavy (non-hydrogen) atoms. The Morgan fingerprint density at radius 1 is 1.50 bits per heavy atom. The number of rotatable bonds is 4. The Morgan fingerprint density at radius 3 is 2.80 bits per heavy atom. The van der Waals surface area contributed by atoms with Gasteiger partial charge in [-0.3, -0.25) is 9.59 Å². The standard InChI is InChI=1S/C12H10Cl2FNO4/c13-6-3-7(14)11(8(15)4-6)20-9-1-2-16(12(9)19)5-10(17)18/h3-4,9H,1-2,5H2,(H,17,18). The quantitative estimate of drug-likeness (QED) is 0.923. The third kappa shape index (κ3) is 3.13. The maximum atomic E-state index is 13.7. The summed E-state index contributed by atoms with van der Waals surface area (Å²) < 4.78 is 19.0. The van der Waals surface area contributed by atoms with E-state index in [9.17, 15) is 14.0 Å². The SMILES string of the molecule is O=C(O)CN1CCC(Oc2c(F)cc(Cl)cc2Cl)C1=O. The van der Waals surface area contributed by atoms with Crippen LogP contribution >= 0.6 is 23.2 Å². The lowest BCUT2D eigenvalue weighted by atomic mass is 10.3. The molecule has 1 aromatic rings. The molecule has 1 aliphatic rings. The largest absolute Gasteiger partial charge is 0.480 e. The van der Waals surface area contributed by atoms with Crippen molar-refractivity contribution < 1.29 is 23.8 Å². The Morgan fingerprint density at radius 2 is 2.20 bits per heavy atom. The van der Waals surface area contributed by atoms with Crippen LogP contribution in [0.4, 0.5) is 4.39 Å². The smallest absolute Gasteiger partial charge is 0.323 e. The highest BCUT2D eigenvalue weighted by molar-refractivity contribution is 6.35. The summed E-state index contributed by atoms with van der Waals surface area (Å²) in [6.07, 6.45) is -0.674. The molecule has 108 valence electrons. The number of nitrogens with zero attached hydrogens (tertiary/aromatic N) is 1. The van der Waals surface area contributed by atoms with Crippen LogP contribution in [0.2, 0.25) is 10.0 Å². The van der Waals surface area contributed by atoms with Crippen molar-refractivity contribution in [2.75, 3.05) is 13.1 Å². The van der Waals surface area contributed by atoms with Gasteiger partial charge in [-0.25, -0.2) is 4.39 Å². The van der Waals surface area contributed by atoms with Crippen molar-refractivity contribution in [3.05, 3.63) is 28.0 Å². The predicted octanol–water partition coefficient (Wildman–Crippen LogP) is 2.20. The van der Waals surface area contributed by atoms with Gasteiger partial charge in [0.2, 0.25) is 0 Å². The van der Waals surface area contributed by atoms with E-state index in [2.05, 4.69) is 0 Å². The number of hydrogen-bond donors (Lipinski definition) is 1. The maximum absolute atomic E-state index is 13.7. The van der Waals surface area contributed by atoms with Crippen molar-refractivity contribution >= 4 is 35.1 Å². The minimum absolute atomic E-state index is 0.0421. The summed E-state index contributed by atoms with van der Waals surface area (Å²) in [6, 6.07) is 2.33. The van der Waals surface area contributed by atoms with Crippen LogP contribution in [-0.2, 0) is 9.59 Å². The Balaban J connectivity index is 2.12. The van der Waals surface area contributed by atoms with E-state index in [4.69, 9.17) is 33.0 Å². The number of amides is 1. The molecular formula is C12H10Cl2FNO4. The van der Waals surface area contributed by atoms with E-state index in [1.165, 1.54) is 6.07 Å². The van der Waals surface area contributed by atoms with Gasteiger partial charge in [-0.15, -0.1) is 0 Å². The van der Waals surface area contributed by atoms with Crippen LogP contribution in [0.5, 0.6) is 5.75 Å². The molecule has 5 nitrogen and oxygen atoms in total. The number of benzene rings is 1. The molecule has 1 heterocycles. The van der Waals surface area contributed by atoms with Crippen LogP contribution in [0.15, 0.2) is 12.1 Å². The monoisotopic (exact) mass is 321 g/mol. The number of carbonyl (C=O) groups excluding carboxylic acids is 1. The zero-order valence-electron chi connectivity index (χ0n) is 10.1. The number of halogens is 3. The average Bonchev–Trinajstić information content (AvgIpc) is 2.65. The Hall–Kier alpha value is -1.53. The minimum atomic E-state index is -1.12. The van der Waals surface area contributed by atoms with E-state index in [1.54, 1.807) is 0 Å². The summed E-state index contributed by atoms with van der Waals surface area (Å²) in [5, 5.41) is 8.73. The highest BCUT2D eigenvalue weighted by Crippen LogP contribution is 2.33. The summed E-state index contributed by atoms with van der Waals surface area (Å²) in [4.78, 5) is 23.6. The van der Waals surface area contributed by atoms with Crippen molar-refractivity contribution in [1.29, 1.82) is 0 Å². The van der Waals surface area contributed by atoms with Gasteiger partial charge in [0.1, 0.15) is 6.54 Å². The molecule has 0 radical (unpaired) electrons. The summed E-state index contributed by atoms with van der Waals surface area (Å²) in [5.74, 6) is -2.65. The van der Waals surface area contributed by atoms with E-state index in [0.29, 0.717) is 0 Å².